The third-order valence-corrected chi connectivity index (χ3v) is 3.76. The number of hydrogen-bond donors (Lipinski definition) is 2. The van der Waals surface area contributed by atoms with Gasteiger partial charge in [-0.05, 0) is 29.8 Å². The Morgan fingerprint density at radius 2 is 1.56 bits per heavy atom. The van der Waals surface area contributed by atoms with Crippen LogP contribution in [-0.2, 0) is 25.6 Å². The third-order valence-electron chi connectivity index (χ3n) is 3.76. The third kappa shape index (κ3) is 4.63. The van der Waals surface area contributed by atoms with Crippen LogP contribution in [0.4, 0.5) is 10.1 Å². The first kappa shape index (κ1) is 18.4. The fourth-order valence-corrected chi connectivity index (χ4v) is 2.52. The number of halogens is 1. The van der Waals surface area contributed by atoms with Crippen molar-refractivity contribution in [2.24, 2.45) is 0 Å². The number of cyclic esters (lactones) is 2. The summed E-state index contributed by atoms with van der Waals surface area (Å²) in [6.45, 7) is 3.30. The van der Waals surface area contributed by atoms with Gasteiger partial charge in [-0.1, -0.05) is 30.3 Å². The molecule has 1 fully saturated rings. The van der Waals surface area contributed by atoms with Crippen LogP contribution in [0.15, 0.2) is 66.0 Å². The zero-order valence-electron chi connectivity index (χ0n) is 14.9. The maximum Gasteiger partial charge on any atom is 0.352 e. The largest absolute Gasteiger partial charge is 0.419 e. The van der Waals surface area contributed by atoms with Gasteiger partial charge in [-0.25, -0.2) is 14.0 Å². The minimum absolute atomic E-state index is 0.121. The minimum Gasteiger partial charge on any atom is -0.419 e. The summed E-state index contributed by atoms with van der Waals surface area (Å²) in [6, 6.07) is 14.9. The topological polar surface area (TPSA) is 76.7 Å². The molecule has 2 aromatic carbocycles. The molecule has 7 heteroatoms. The monoisotopic (exact) mass is 370 g/mol. The Bertz CT molecular complexity index is 855. The molecule has 0 aromatic heterocycles. The molecule has 0 aliphatic carbocycles. The second-order valence-corrected chi connectivity index (χ2v) is 6.40. The Labute approximate surface area is 156 Å². The van der Waals surface area contributed by atoms with Crippen molar-refractivity contribution in [1.82, 2.24) is 5.32 Å². The maximum atomic E-state index is 13.2. The number of anilines is 1. The molecule has 0 amide bonds. The lowest BCUT2D eigenvalue weighted by Gasteiger charge is -2.31. The molecule has 0 radical (unpaired) electrons. The van der Waals surface area contributed by atoms with Crippen LogP contribution in [0, 0.1) is 5.82 Å². The minimum atomic E-state index is -1.34. The molecule has 1 aliphatic heterocycles. The van der Waals surface area contributed by atoms with Crippen LogP contribution in [0.2, 0.25) is 0 Å². The van der Waals surface area contributed by atoms with Crippen LogP contribution in [0.3, 0.4) is 0 Å². The fourth-order valence-electron chi connectivity index (χ4n) is 2.52. The van der Waals surface area contributed by atoms with Gasteiger partial charge in [-0.3, -0.25) is 0 Å². The summed E-state index contributed by atoms with van der Waals surface area (Å²) in [4.78, 5) is 24.8. The van der Waals surface area contributed by atoms with E-state index in [4.69, 9.17) is 9.47 Å². The van der Waals surface area contributed by atoms with Crippen LogP contribution >= 0.6 is 0 Å². The van der Waals surface area contributed by atoms with E-state index in [1.54, 1.807) is 0 Å². The van der Waals surface area contributed by atoms with Crippen molar-refractivity contribution in [1.29, 1.82) is 0 Å². The molecule has 0 unspecified atom stereocenters. The Hall–Kier alpha value is -3.35. The lowest BCUT2D eigenvalue weighted by molar-refractivity contribution is -0.222. The number of ether oxygens (including phenoxy) is 2. The second kappa shape index (κ2) is 7.49. The van der Waals surface area contributed by atoms with Crippen molar-refractivity contribution in [2.75, 3.05) is 5.32 Å². The molecule has 0 saturated carbocycles. The van der Waals surface area contributed by atoms with E-state index in [-0.39, 0.29) is 11.4 Å². The molecule has 2 N–H and O–H groups in total. The van der Waals surface area contributed by atoms with Crippen molar-refractivity contribution in [2.45, 2.75) is 26.2 Å². The number of rotatable bonds is 5. The molecule has 0 spiro atoms. The normalized spacial score (nSPS) is 15.6. The highest BCUT2D eigenvalue weighted by molar-refractivity contribution is 6.16. The van der Waals surface area contributed by atoms with Gasteiger partial charge < -0.3 is 20.1 Å². The summed E-state index contributed by atoms with van der Waals surface area (Å²) in [6.07, 6.45) is 0. The van der Waals surface area contributed by atoms with Crippen LogP contribution < -0.4 is 10.6 Å². The first-order valence-corrected chi connectivity index (χ1v) is 8.35. The number of benzene rings is 2. The van der Waals surface area contributed by atoms with E-state index >= 15 is 0 Å². The highest BCUT2D eigenvalue weighted by atomic mass is 19.1. The predicted octanol–water partition coefficient (Wildman–Crippen LogP) is 3.08. The highest BCUT2D eigenvalue weighted by Gasteiger charge is 2.41. The van der Waals surface area contributed by atoms with Crippen LogP contribution in [-0.4, -0.2) is 17.7 Å². The van der Waals surface area contributed by atoms with E-state index in [9.17, 15) is 14.0 Å². The molecule has 2 aromatic rings. The summed E-state index contributed by atoms with van der Waals surface area (Å²) in [7, 11) is 0. The van der Waals surface area contributed by atoms with Gasteiger partial charge in [0, 0.05) is 26.1 Å². The van der Waals surface area contributed by atoms with Crippen LogP contribution in [0.5, 0.6) is 0 Å². The molecule has 27 heavy (non-hydrogen) atoms. The van der Waals surface area contributed by atoms with E-state index in [0.29, 0.717) is 12.2 Å². The van der Waals surface area contributed by atoms with Crippen molar-refractivity contribution in [3.05, 3.63) is 77.4 Å². The number of esters is 2. The molecular weight excluding hydrogens is 351 g/mol. The Morgan fingerprint density at radius 3 is 2.15 bits per heavy atom. The smallest absolute Gasteiger partial charge is 0.352 e. The van der Waals surface area contributed by atoms with Crippen LogP contribution in [0.25, 0.3) is 0 Å². The van der Waals surface area contributed by atoms with Crippen molar-refractivity contribution >= 4 is 17.6 Å². The summed E-state index contributed by atoms with van der Waals surface area (Å²) in [5.74, 6) is -3.22. The quantitative estimate of drug-likeness (QED) is 0.479. The molecule has 1 aliphatic rings. The Morgan fingerprint density at radius 1 is 0.963 bits per heavy atom. The number of nitrogens with one attached hydrogen (secondary N) is 2. The lowest BCUT2D eigenvalue weighted by atomic mass is 10.2. The average Bonchev–Trinajstić information content (AvgIpc) is 2.60. The molecule has 3 rings (SSSR count). The second-order valence-electron chi connectivity index (χ2n) is 6.40. The Balaban J connectivity index is 1.91. The van der Waals surface area contributed by atoms with E-state index in [1.807, 2.05) is 30.3 Å². The molecular formula is C20H19FN2O4. The van der Waals surface area contributed by atoms with Gasteiger partial charge in [0.1, 0.15) is 11.6 Å². The van der Waals surface area contributed by atoms with Gasteiger partial charge in [-0.15, -0.1) is 0 Å². The van der Waals surface area contributed by atoms with E-state index in [2.05, 4.69) is 10.6 Å². The molecule has 140 valence electrons. The van der Waals surface area contributed by atoms with Gasteiger partial charge >= 0.3 is 11.9 Å². The van der Waals surface area contributed by atoms with Gasteiger partial charge in [0.05, 0.1) is 0 Å². The summed E-state index contributed by atoms with van der Waals surface area (Å²) >= 11 is 0. The Kier molecular flexibility index (Phi) is 5.12. The molecule has 0 atom stereocenters. The lowest BCUT2D eigenvalue weighted by Crippen LogP contribution is -2.44. The van der Waals surface area contributed by atoms with E-state index in [0.717, 1.165) is 5.56 Å². The standard InChI is InChI=1S/C20H19FN2O4/c1-20(2)26-18(24)16(19(25)27-20)17(22-12-13-6-4-3-5-7-13)23-15-10-8-14(21)9-11-15/h3-11,22-23H,12H2,1-2H3. The van der Waals surface area contributed by atoms with Gasteiger partial charge in [0.25, 0.3) is 5.79 Å². The average molecular weight is 370 g/mol. The van der Waals surface area contributed by atoms with Gasteiger partial charge in [0.15, 0.2) is 5.57 Å². The zero-order valence-corrected chi connectivity index (χ0v) is 14.9. The number of carbonyl (C=O) groups excluding carboxylic acids is 2. The highest BCUT2D eigenvalue weighted by Crippen LogP contribution is 2.25. The van der Waals surface area contributed by atoms with Crippen molar-refractivity contribution in [3.63, 3.8) is 0 Å². The zero-order chi connectivity index (χ0) is 19.4. The predicted molar refractivity (Wildman–Crippen MR) is 96.6 cm³/mol. The first-order valence-electron chi connectivity index (χ1n) is 8.35. The van der Waals surface area contributed by atoms with Crippen molar-refractivity contribution in [3.8, 4) is 0 Å². The van der Waals surface area contributed by atoms with E-state index < -0.39 is 23.5 Å². The number of carbonyl (C=O) groups is 2. The van der Waals surface area contributed by atoms with Gasteiger partial charge in [-0.2, -0.15) is 0 Å². The molecule has 0 bridgehead atoms. The molecule has 1 heterocycles. The van der Waals surface area contributed by atoms with E-state index in [1.165, 1.54) is 38.1 Å². The fraction of sp³-hybridized carbons (Fsp3) is 0.200. The first-order chi connectivity index (χ1) is 12.8. The summed E-state index contributed by atoms with van der Waals surface area (Å²) < 4.78 is 23.5. The SMILES string of the molecule is CC1(C)OC(=O)C(=C(NCc2ccccc2)Nc2ccc(F)cc2)C(=O)O1. The van der Waals surface area contributed by atoms with Gasteiger partial charge in [0.2, 0.25) is 0 Å². The summed E-state index contributed by atoms with van der Waals surface area (Å²) in [5, 5.41) is 5.96. The molecule has 6 nitrogen and oxygen atoms in total. The van der Waals surface area contributed by atoms with Crippen LogP contribution in [0.1, 0.15) is 19.4 Å². The maximum absolute atomic E-state index is 13.2. The molecule has 1 saturated heterocycles. The van der Waals surface area contributed by atoms with Crippen molar-refractivity contribution < 1.29 is 23.5 Å². The number of hydrogen-bond acceptors (Lipinski definition) is 6. The summed E-state index contributed by atoms with van der Waals surface area (Å²) in [5.41, 5.74) is 1.15.